The number of benzene rings is 1. The van der Waals surface area contributed by atoms with E-state index in [1.165, 1.54) is 18.3 Å². The van der Waals surface area contributed by atoms with E-state index in [2.05, 4.69) is 4.98 Å². The zero-order valence-electron chi connectivity index (χ0n) is 15.2. The normalized spacial score (nSPS) is 11.6. The number of hydrogen-bond donors (Lipinski definition) is 2. The molecule has 2 N–H and O–H groups in total. The van der Waals surface area contributed by atoms with E-state index < -0.39 is 23.5 Å². The molecule has 1 heterocycles. The number of rotatable bonds is 9. The first kappa shape index (κ1) is 20.5. The van der Waals surface area contributed by atoms with E-state index in [4.69, 9.17) is 4.74 Å². The topological polar surface area (TPSA) is 96.7 Å². The Labute approximate surface area is 156 Å². The summed E-state index contributed by atoms with van der Waals surface area (Å²) in [6, 6.07) is 9.22. The van der Waals surface area contributed by atoms with E-state index in [0.717, 1.165) is 5.56 Å². The molecule has 0 amide bonds. The second-order valence-electron chi connectivity index (χ2n) is 6.21. The molecule has 0 bridgehead atoms. The third kappa shape index (κ3) is 4.31. The first-order chi connectivity index (χ1) is 12.8. The molecule has 7 heteroatoms. The maximum atomic E-state index is 13.0. The molecule has 27 heavy (non-hydrogen) atoms. The molecule has 0 aliphatic carbocycles. The van der Waals surface area contributed by atoms with Gasteiger partial charge in [-0.15, -0.1) is 0 Å². The zero-order valence-corrected chi connectivity index (χ0v) is 15.2. The molecule has 0 spiro atoms. The van der Waals surface area contributed by atoms with Gasteiger partial charge in [-0.25, -0.2) is 14.0 Å². The molecular weight excluding hydrogens is 353 g/mol. The first-order valence-corrected chi connectivity index (χ1v) is 8.66. The van der Waals surface area contributed by atoms with Gasteiger partial charge >= 0.3 is 11.9 Å². The number of aliphatic carboxylic acids is 2. The molecule has 0 atom stereocenters. The number of nitrogens with zero attached hydrogens (tertiary/aromatic N) is 1. The van der Waals surface area contributed by atoms with Gasteiger partial charge in [-0.05, 0) is 48.7 Å². The summed E-state index contributed by atoms with van der Waals surface area (Å²) in [6.07, 6.45) is 2.20. The molecule has 0 aliphatic heterocycles. The molecule has 1 aromatic heterocycles. The fraction of sp³-hybridized carbons (Fsp3) is 0.350. The van der Waals surface area contributed by atoms with Crippen molar-refractivity contribution in [1.29, 1.82) is 0 Å². The number of carbonyl (C=O) groups is 2. The van der Waals surface area contributed by atoms with Crippen LogP contribution >= 0.6 is 0 Å². The predicted molar refractivity (Wildman–Crippen MR) is 96.5 cm³/mol. The Morgan fingerprint density at radius 3 is 2.11 bits per heavy atom. The summed E-state index contributed by atoms with van der Waals surface area (Å²) in [7, 11) is 0. The van der Waals surface area contributed by atoms with Crippen LogP contribution in [-0.2, 0) is 20.9 Å². The minimum Gasteiger partial charge on any atom is -0.479 e. The molecule has 144 valence electrons. The van der Waals surface area contributed by atoms with Crippen LogP contribution in [0, 0.1) is 11.7 Å². The number of carboxylic acid groups (broad SMARTS) is 2. The fourth-order valence-corrected chi connectivity index (χ4v) is 3.04. The molecule has 2 aromatic rings. The van der Waals surface area contributed by atoms with Gasteiger partial charge in [0, 0.05) is 17.7 Å². The number of aromatic nitrogens is 1. The van der Waals surface area contributed by atoms with E-state index >= 15 is 0 Å². The number of pyridine rings is 1. The Hall–Kier alpha value is -2.80. The van der Waals surface area contributed by atoms with Crippen molar-refractivity contribution in [3.05, 3.63) is 54.0 Å². The lowest BCUT2D eigenvalue weighted by Gasteiger charge is -2.32. The van der Waals surface area contributed by atoms with Crippen LogP contribution in [0.2, 0.25) is 0 Å². The lowest BCUT2D eigenvalue weighted by atomic mass is 9.83. The van der Waals surface area contributed by atoms with Gasteiger partial charge < -0.3 is 14.9 Å². The summed E-state index contributed by atoms with van der Waals surface area (Å²) >= 11 is 0. The third-order valence-corrected chi connectivity index (χ3v) is 4.63. The largest absolute Gasteiger partial charge is 0.479 e. The molecule has 0 saturated carbocycles. The van der Waals surface area contributed by atoms with Gasteiger partial charge in [-0.1, -0.05) is 19.9 Å². The van der Waals surface area contributed by atoms with Crippen LogP contribution in [0.25, 0.3) is 11.3 Å². The number of carboxylic acids is 2. The molecule has 6 nitrogen and oxygen atoms in total. The summed E-state index contributed by atoms with van der Waals surface area (Å²) in [6.45, 7) is 3.26. The minimum absolute atomic E-state index is 0.203. The predicted octanol–water partition coefficient (Wildman–Crippen LogP) is 3.75. The lowest BCUT2D eigenvalue weighted by molar-refractivity contribution is -0.194. The smallest absolute Gasteiger partial charge is 0.348 e. The Balaban J connectivity index is 2.20. The highest BCUT2D eigenvalue weighted by atomic mass is 19.1. The van der Waals surface area contributed by atoms with Crippen molar-refractivity contribution in [2.75, 3.05) is 0 Å². The summed E-state index contributed by atoms with van der Waals surface area (Å²) in [5, 5.41) is 19.1. The van der Waals surface area contributed by atoms with Crippen LogP contribution in [-0.4, -0.2) is 32.7 Å². The number of halogens is 1. The summed E-state index contributed by atoms with van der Waals surface area (Å²) in [5.41, 5.74) is -0.425. The van der Waals surface area contributed by atoms with Gasteiger partial charge in [-0.3, -0.25) is 4.98 Å². The Kier molecular flexibility index (Phi) is 6.63. The second-order valence-corrected chi connectivity index (χ2v) is 6.21. The van der Waals surface area contributed by atoms with E-state index in [1.807, 2.05) is 0 Å². The van der Waals surface area contributed by atoms with Gasteiger partial charge in [0.15, 0.2) is 0 Å². The summed E-state index contributed by atoms with van der Waals surface area (Å²) in [4.78, 5) is 27.8. The van der Waals surface area contributed by atoms with Crippen molar-refractivity contribution >= 4 is 11.9 Å². The molecular formula is C20H22FNO5. The highest BCUT2D eigenvalue weighted by Gasteiger charge is 2.53. The van der Waals surface area contributed by atoms with E-state index in [0.29, 0.717) is 24.1 Å². The molecule has 0 radical (unpaired) electrons. The van der Waals surface area contributed by atoms with Gasteiger partial charge in [-0.2, -0.15) is 0 Å². The van der Waals surface area contributed by atoms with E-state index in [9.17, 15) is 24.2 Å². The highest BCUT2D eigenvalue weighted by Crippen LogP contribution is 2.30. The second kappa shape index (κ2) is 8.73. The van der Waals surface area contributed by atoms with E-state index in [1.54, 1.807) is 38.1 Å². The third-order valence-electron chi connectivity index (χ3n) is 4.63. The van der Waals surface area contributed by atoms with Crippen LogP contribution in [0.5, 0.6) is 0 Å². The van der Waals surface area contributed by atoms with Crippen molar-refractivity contribution in [3.8, 4) is 11.3 Å². The van der Waals surface area contributed by atoms with Crippen molar-refractivity contribution in [2.45, 2.75) is 38.9 Å². The van der Waals surface area contributed by atoms with Crippen molar-refractivity contribution in [3.63, 3.8) is 0 Å². The average molecular weight is 375 g/mol. The van der Waals surface area contributed by atoms with Gasteiger partial charge in [0.1, 0.15) is 5.82 Å². The quantitative estimate of drug-likeness (QED) is 0.648. The molecule has 1 aromatic carbocycles. The molecule has 2 rings (SSSR count). The number of hydrogen-bond acceptors (Lipinski definition) is 4. The Morgan fingerprint density at radius 1 is 1.07 bits per heavy atom. The zero-order chi connectivity index (χ0) is 20.0. The minimum atomic E-state index is -2.31. The van der Waals surface area contributed by atoms with Crippen LogP contribution in [0.4, 0.5) is 4.39 Å². The monoisotopic (exact) mass is 375 g/mol. The average Bonchev–Trinajstić information content (AvgIpc) is 2.65. The first-order valence-electron chi connectivity index (χ1n) is 8.66. The lowest BCUT2D eigenvalue weighted by Crippen LogP contribution is -2.54. The molecule has 0 aliphatic rings. The maximum Gasteiger partial charge on any atom is 0.348 e. The fourth-order valence-electron chi connectivity index (χ4n) is 3.04. The summed E-state index contributed by atoms with van der Waals surface area (Å²) < 4.78 is 18.5. The van der Waals surface area contributed by atoms with Crippen molar-refractivity contribution in [1.82, 2.24) is 4.98 Å². The Bertz CT molecular complexity index is 771. The van der Waals surface area contributed by atoms with E-state index in [-0.39, 0.29) is 12.4 Å². The van der Waals surface area contributed by atoms with Crippen molar-refractivity contribution in [2.24, 2.45) is 5.92 Å². The van der Waals surface area contributed by atoms with Crippen LogP contribution in [0.15, 0.2) is 42.6 Å². The van der Waals surface area contributed by atoms with Gasteiger partial charge in [0.05, 0.1) is 12.3 Å². The SMILES string of the molecule is CCC(CC)C(OCc1ccc(-c2ccc(F)cc2)nc1)(C(=O)O)C(=O)O. The highest BCUT2D eigenvalue weighted by molar-refractivity contribution is 6.02. The maximum absolute atomic E-state index is 13.0. The molecule has 0 saturated heterocycles. The van der Waals surface area contributed by atoms with Crippen LogP contribution < -0.4 is 0 Å². The standard InChI is InChI=1S/C20H22FNO5/c1-3-15(4-2)20(18(23)24,19(25)26)27-12-13-5-10-17(22-11-13)14-6-8-16(21)9-7-14/h5-11,15H,3-4,12H2,1-2H3,(H,23,24)(H,25,26). The molecule has 0 fully saturated rings. The number of ether oxygens (including phenoxy) is 1. The molecule has 0 unspecified atom stereocenters. The Morgan fingerprint density at radius 2 is 1.67 bits per heavy atom. The van der Waals surface area contributed by atoms with Gasteiger partial charge in [0.25, 0.3) is 5.60 Å². The van der Waals surface area contributed by atoms with Crippen LogP contribution in [0.3, 0.4) is 0 Å². The van der Waals surface area contributed by atoms with Crippen molar-refractivity contribution < 1.29 is 28.9 Å². The van der Waals surface area contributed by atoms with Gasteiger partial charge in [0.2, 0.25) is 0 Å². The summed E-state index contributed by atoms with van der Waals surface area (Å²) in [5.74, 6) is -4.04. The van der Waals surface area contributed by atoms with Crippen LogP contribution in [0.1, 0.15) is 32.3 Å².